The highest BCUT2D eigenvalue weighted by Gasteiger charge is 2.34. The Morgan fingerprint density at radius 2 is 2.10 bits per heavy atom. The van der Waals surface area contributed by atoms with Crippen molar-refractivity contribution < 1.29 is 13.2 Å². The molecule has 1 aliphatic rings. The van der Waals surface area contributed by atoms with Crippen LogP contribution in [-0.2, 0) is 14.8 Å². The number of amides is 1. The van der Waals surface area contributed by atoms with E-state index in [1.807, 2.05) is 19.9 Å². The number of anilines is 1. The molecule has 0 unspecified atom stereocenters. The zero-order valence-corrected chi connectivity index (χ0v) is 13.5. The minimum absolute atomic E-state index is 0.213. The number of hydrogen-bond acceptors (Lipinski definition) is 3. The van der Waals surface area contributed by atoms with E-state index in [0.29, 0.717) is 12.1 Å². The van der Waals surface area contributed by atoms with Crippen LogP contribution in [0.1, 0.15) is 31.7 Å². The first-order chi connectivity index (χ1) is 9.82. The minimum Gasteiger partial charge on any atom is -0.352 e. The summed E-state index contributed by atoms with van der Waals surface area (Å²) in [6.07, 6.45) is 3.53. The fourth-order valence-corrected chi connectivity index (χ4v) is 3.55. The first kappa shape index (κ1) is 15.8. The molecule has 0 bridgehead atoms. The van der Waals surface area contributed by atoms with Gasteiger partial charge in [0.15, 0.2) is 0 Å². The van der Waals surface area contributed by atoms with E-state index in [4.69, 9.17) is 0 Å². The second-order valence-corrected chi connectivity index (χ2v) is 7.46. The third-order valence-electron chi connectivity index (χ3n) is 3.51. The molecule has 1 aromatic carbocycles. The number of rotatable bonds is 6. The van der Waals surface area contributed by atoms with Crippen molar-refractivity contribution in [1.29, 1.82) is 0 Å². The smallest absolute Gasteiger partial charge is 0.244 e. The van der Waals surface area contributed by atoms with Gasteiger partial charge in [0, 0.05) is 6.04 Å². The van der Waals surface area contributed by atoms with Crippen molar-refractivity contribution in [2.75, 3.05) is 10.6 Å². The number of carbonyl (C=O) groups is 1. The highest BCUT2D eigenvalue weighted by atomic mass is 32.2. The maximum absolute atomic E-state index is 12.4. The zero-order chi connectivity index (χ0) is 15.6. The Morgan fingerprint density at radius 3 is 2.57 bits per heavy atom. The fourth-order valence-electron chi connectivity index (χ4n) is 2.35. The van der Waals surface area contributed by atoms with Crippen molar-refractivity contribution in [3.8, 4) is 0 Å². The molecule has 1 fully saturated rings. The predicted molar refractivity (Wildman–Crippen MR) is 83.7 cm³/mol. The Labute approximate surface area is 126 Å². The lowest BCUT2D eigenvalue weighted by molar-refractivity contribution is -0.122. The molecule has 1 aliphatic carbocycles. The molecule has 1 amide bonds. The molecule has 1 aromatic rings. The maximum atomic E-state index is 12.4. The van der Waals surface area contributed by atoms with Crippen molar-refractivity contribution in [1.82, 2.24) is 5.32 Å². The molecule has 0 aromatic heterocycles. The summed E-state index contributed by atoms with van der Waals surface area (Å²) in [6.45, 7) is 3.72. The van der Waals surface area contributed by atoms with Gasteiger partial charge in [-0.25, -0.2) is 8.42 Å². The monoisotopic (exact) mass is 310 g/mol. The van der Waals surface area contributed by atoms with Crippen molar-refractivity contribution >= 4 is 21.6 Å². The molecular weight excluding hydrogens is 288 g/mol. The summed E-state index contributed by atoms with van der Waals surface area (Å²) in [4.78, 5) is 12.4. The third kappa shape index (κ3) is 3.97. The van der Waals surface area contributed by atoms with Gasteiger partial charge < -0.3 is 5.32 Å². The predicted octanol–water partition coefficient (Wildman–Crippen LogP) is 1.82. The largest absolute Gasteiger partial charge is 0.352 e. The van der Waals surface area contributed by atoms with Gasteiger partial charge in [0.2, 0.25) is 15.9 Å². The molecular formula is C15H22N2O3S. The molecule has 6 heteroatoms. The van der Waals surface area contributed by atoms with Gasteiger partial charge in [0.25, 0.3) is 0 Å². The third-order valence-corrected chi connectivity index (χ3v) is 4.69. The second kappa shape index (κ2) is 6.05. The topological polar surface area (TPSA) is 66.5 Å². The van der Waals surface area contributed by atoms with Crippen LogP contribution in [0.3, 0.4) is 0 Å². The molecule has 2 rings (SSSR count). The van der Waals surface area contributed by atoms with E-state index in [1.54, 1.807) is 18.2 Å². The molecule has 5 nitrogen and oxygen atoms in total. The van der Waals surface area contributed by atoms with E-state index in [1.165, 1.54) is 4.31 Å². The van der Waals surface area contributed by atoms with E-state index in [0.717, 1.165) is 24.7 Å². The van der Waals surface area contributed by atoms with E-state index >= 15 is 0 Å². The van der Waals surface area contributed by atoms with Crippen molar-refractivity contribution in [3.05, 3.63) is 29.8 Å². The van der Waals surface area contributed by atoms with Gasteiger partial charge in [0.05, 0.1) is 11.9 Å². The molecule has 0 aliphatic heterocycles. The van der Waals surface area contributed by atoms with E-state index in [-0.39, 0.29) is 11.9 Å². The van der Waals surface area contributed by atoms with Crippen LogP contribution in [0.15, 0.2) is 24.3 Å². The quantitative estimate of drug-likeness (QED) is 0.871. The molecule has 0 spiro atoms. The number of hydrogen-bond donors (Lipinski definition) is 1. The highest BCUT2D eigenvalue weighted by molar-refractivity contribution is 7.92. The second-order valence-electron chi connectivity index (χ2n) is 5.60. The Bertz CT molecular complexity index is 624. The van der Waals surface area contributed by atoms with Crippen molar-refractivity contribution in [2.45, 2.75) is 45.2 Å². The summed E-state index contributed by atoms with van der Waals surface area (Å²) in [5, 5.41) is 2.90. The van der Waals surface area contributed by atoms with Gasteiger partial charge in [-0.3, -0.25) is 9.10 Å². The number of nitrogens with one attached hydrogen (secondary N) is 1. The number of carbonyl (C=O) groups excluding carboxylic acids is 1. The van der Waals surface area contributed by atoms with Crippen LogP contribution < -0.4 is 9.62 Å². The lowest BCUT2D eigenvalue weighted by Crippen LogP contribution is -2.49. The van der Waals surface area contributed by atoms with Crippen LogP contribution in [-0.4, -0.2) is 32.7 Å². The van der Waals surface area contributed by atoms with Crippen molar-refractivity contribution in [2.24, 2.45) is 0 Å². The Hall–Kier alpha value is -1.56. The molecule has 0 radical (unpaired) electrons. The van der Waals surface area contributed by atoms with Crippen LogP contribution in [0.4, 0.5) is 5.69 Å². The number of nitrogens with zero attached hydrogens (tertiary/aromatic N) is 1. The average molecular weight is 310 g/mol. The molecule has 116 valence electrons. The van der Waals surface area contributed by atoms with Crippen LogP contribution in [0.25, 0.3) is 0 Å². The zero-order valence-electron chi connectivity index (χ0n) is 12.7. The summed E-state index contributed by atoms with van der Waals surface area (Å²) in [7, 11) is -3.53. The molecule has 1 N–H and O–H groups in total. The van der Waals surface area contributed by atoms with Crippen molar-refractivity contribution in [3.63, 3.8) is 0 Å². The minimum atomic E-state index is -3.53. The summed E-state index contributed by atoms with van der Waals surface area (Å²) < 4.78 is 25.6. The number of benzene rings is 1. The van der Waals surface area contributed by atoms with E-state index in [9.17, 15) is 13.2 Å². The maximum Gasteiger partial charge on any atom is 0.244 e. The van der Waals surface area contributed by atoms with Gasteiger partial charge in [-0.2, -0.15) is 0 Å². The lowest BCUT2D eigenvalue weighted by atomic mass is 10.1. The first-order valence-electron chi connectivity index (χ1n) is 7.19. The lowest BCUT2D eigenvalue weighted by Gasteiger charge is -2.30. The SMILES string of the molecule is CC[C@H](C(=O)NC1CC1)N(c1cccc(C)c1)S(C)(=O)=O. The fraction of sp³-hybridized carbons (Fsp3) is 0.533. The standard InChI is InChI=1S/C15H22N2O3S/c1-4-14(15(18)16-12-8-9-12)17(21(3,19)20)13-7-5-6-11(2)10-13/h5-7,10,12,14H,4,8-9H2,1-3H3,(H,16,18)/t14-/m1/s1. The summed E-state index contributed by atoms with van der Waals surface area (Å²) >= 11 is 0. The van der Waals surface area contributed by atoms with Gasteiger partial charge in [-0.05, 0) is 43.9 Å². The van der Waals surface area contributed by atoms with Crippen LogP contribution in [0.5, 0.6) is 0 Å². The van der Waals surface area contributed by atoms with Crippen LogP contribution in [0.2, 0.25) is 0 Å². The summed E-state index contributed by atoms with van der Waals surface area (Å²) in [5.74, 6) is -0.216. The Balaban J connectivity index is 2.35. The van der Waals surface area contributed by atoms with Gasteiger partial charge in [-0.15, -0.1) is 0 Å². The van der Waals surface area contributed by atoms with Crippen LogP contribution in [0, 0.1) is 6.92 Å². The average Bonchev–Trinajstić information content (AvgIpc) is 3.17. The number of aryl methyl sites for hydroxylation is 1. The molecule has 0 saturated heterocycles. The van der Waals surface area contributed by atoms with E-state index < -0.39 is 16.1 Å². The molecule has 21 heavy (non-hydrogen) atoms. The van der Waals surface area contributed by atoms with Gasteiger partial charge in [0.1, 0.15) is 6.04 Å². The normalized spacial score (nSPS) is 16.3. The van der Waals surface area contributed by atoms with E-state index in [2.05, 4.69) is 5.32 Å². The first-order valence-corrected chi connectivity index (χ1v) is 9.04. The number of sulfonamides is 1. The molecule has 0 heterocycles. The Kier molecular flexibility index (Phi) is 4.56. The summed E-state index contributed by atoms with van der Waals surface area (Å²) in [5.41, 5.74) is 1.49. The highest BCUT2D eigenvalue weighted by Crippen LogP contribution is 2.25. The van der Waals surface area contributed by atoms with Crippen LogP contribution >= 0.6 is 0 Å². The van der Waals surface area contributed by atoms with Gasteiger partial charge >= 0.3 is 0 Å². The molecule has 1 atom stereocenters. The van der Waals surface area contributed by atoms with Gasteiger partial charge in [-0.1, -0.05) is 19.1 Å². The summed E-state index contributed by atoms with van der Waals surface area (Å²) in [6, 6.07) is 6.71. The Morgan fingerprint density at radius 1 is 1.43 bits per heavy atom. The molecule has 1 saturated carbocycles.